The Morgan fingerprint density at radius 3 is 2.15 bits per heavy atom. The second-order valence-corrected chi connectivity index (χ2v) is 17.7. The number of benzene rings is 3. The van der Waals surface area contributed by atoms with Crippen LogP contribution in [0.2, 0.25) is 5.04 Å². The summed E-state index contributed by atoms with van der Waals surface area (Å²) in [7, 11) is -1.84. The van der Waals surface area contributed by atoms with Gasteiger partial charge in [0.25, 0.3) is 0 Å². The summed E-state index contributed by atoms with van der Waals surface area (Å²) in [5.41, 5.74) is 0.463. The lowest BCUT2D eigenvalue weighted by Gasteiger charge is -2.44. The van der Waals surface area contributed by atoms with Gasteiger partial charge in [-0.05, 0) is 33.6 Å². The first-order valence-electron chi connectivity index (χ1n) is 15.3. The van der Waals surface area contributed by atoms with E-state index in [1.807, 2.05) is 48.6 Å². The van der Waals surface area contributed by atoms with E-state index in [1.54, 1.807) is 6.07 Å². The van der Waals surface area contributed by atoms with Crippen molar-refractivity contribution >= 4 is 48.0 Å². The molecule has 1 aliphatic carbocycles. The highest BCUT2D eigenvalue weighted by Crippen LogP contribution is 2.46. The summed E-state index contributed by atoms with van der Waals surface area (Å²) in [6.45, 7) is 6.14. The molecule has 1 atom stereocenters. The van der Waals surface area contributed by atoms with Gasteiger partial charge in [0, 0.05) is 16.5 Å². The molecule has 11 heteroatoms. The molecule has 0 bridgehead atoms. The SMILES string of the molecule is COC(=O)c1sc(C2C=C3N=CN=C3C=C2O[Si](c2ccccc2)(c2ccccc2)C(C)(C)C)cc1OCc1ccccc1C(F)(F)F. The van der Waals surface area contributed by atoms with E-state index in [9.17, 15) is 18.0 Å². The normalized spacial score (nSPS) is 16.1. The van der Waals surface area contributed by atoms with Gasteiger partial charge in [0.1, 0.15) is 18.7 Å². The summed E-state index contributed by atoms with van der Waals surface area (Å²) in [6.07, 6.45) is 0.759. The Hall–Kier alpha value is -4.74. The monoisotopic (exact) mass is 686 g/mol. The number of esters is 1. The van der Waals surface area contributed by atoms with E-state index in [1.165, 1.54) is 31.6 Å². The Morgan fingerprint density at radius 1 is 0.917 bits per heavy atom. The minimum Gasteiger partial charge on any atom is -0.536 e. The molecule has 1 aromatic heterocycles. The summed E-state index contributed by atoms with van der Waals surface area (Å²) >= 11 is 1.14. The summed E-state index contributed by atoms with van der Waals surface area (Å²) < 4.78 is 59.6. The molecule has 48 heavy (non-hydrogen) atoms. The molecule has 0 amide bonds. The number of methoxy groups -OCH3 is 1. The third kappa shape index (κ3) is 6.27. The van der Waals surface area contributed by atoms with Crippen LogP contribution in [-0.2, 0) is 21.9 Å². The maximum Gasteiger partial charge on any atom is 0.416 e. The van der Waals surface area contributed by atoms with Crippen LogP contribution in [0.4, 0.5) is 13.2 Å². The topological polar surface area (TPSA) is 69.5 Å². The zero-order valence-electron chi connectivity index (χ0n) is 26.7. The highest BCUT2D eigenvalue weighted by molar-refractivity contribution is 7.14. The van der Waals surface area contributed by atoms with Gasteiger partial charge < -0.3 is 13.9 Å². The lowest BCUT2D eigenvalue weighted by Crippen LogP contribution is -2.66. The molecule has 0 saturated carbocycles. The van der Waals surface area contributed by atoms with Crippen molar-refractivity contribution in [2.75, 3.05) is 7.11 Å². The number of carbonyl (C=O) groups is 1. The van der Waals surface area contributed by atoms with E-state index in [0.29, 0.717) is 22.0 Å². The standard InChI is InChI=1S/C37H33F3N2O4SSi/c1-36(2,3)48(25-14-7-5-8-15-25,26-16-9-6-10-17-26)46-31-20-30-29(41-23-42-30)19-27(31)33-21-32(34(47-33)35(43)44-4)45-22-24-13-11-12-18-28(24)37(38,39)40/h5-21,23,27H,22H2,1-4H3. The van der Waals surface area contributed by atoms with Gasteiger partial charge in [-0.25, -0.2) is 14.8 Å². The van der Waals surface area contributed by atoms with Crippen LogP contribution in [-0.4, -0.2) is 33.4 Å². The molecule has 4 aromatic rings. The maximum absolute atomic E-state index is 13.7. The summed E-state index contributed by atoms with van der Waals surface area (Å²) in [5, 5.41) is 1.82. The first-order chi connectivity index (χ1) is 22.9. The number of fused-ring (bicyclic) bond motifs is 1. The molecule has 6 nitrogen and oxygen atoms in total. The largest absolute Gasteiger partial charge is 0.536 e. The predicted molar refractivity (Wildman–Crippen MR) is 185 cm³/mol. The number of hydrogen-bond donors (Lipinski definition) is 0. The number of allylic oxidation sites excluding steroid dienone is 2. The Balaban J connectivity index is 1.45. The van der Waals surface area contributed by atoms with Gasteiger partial charge in [0.15, 0.2) is 4.88 Å². The first kappa shape index (κ1) is 33.2. The van der Waals surface area contributed by atoms with Gasteiger partial charge in [-0.3, -0.25) is 0 Å². The zero-order valence-corrected chi connectivity index (χ0v) is 28.6. The third-order valence-electron chi connectivity index (χ3n) is 8.35. The van der Waals surface area contributed by atoms with E-state index < -0.39 is 38.6 Å². The lowest BCUT2D eigenvalue weighted by atomic mass is 9.96. The molecule has 6 rings (SSSR count). The first-order valence-corrected chi connectivity index (χ1v) is 18.0. The van der Waals surface area contributed by atoms with Crippen LogP contribution in [0.3, 0.4) is 0 Å². The molecule has 0 saturated heterocycles. The molecule has 2 heterocycles. The summed E-state index contributed by atoms with van der Waals surface area (Å²) in [5.74, 6) is -0.433. The highest BCUT2D eigenvalue weighted by atomic mass is 32.1. The van der Waals surface area contributed by atoms with Crippen LogP contribution in [0.15, 0.2) is 125 Å². The van der Waals surface area contributed by atoms with Crippen molar-refractivity contribution in [3.05, 3.63) is 135 Å². The number of aliphatic imine (C=N–C) groups is 2. The number of ether oxygens (including phenoxy) is 2. The van der Waals surface area contributed by atoms with Crippen molar-refractivity contribution in [2.45, 2.75) is 44.5 Å². The van der Waals surface area contributed by atoms with Crippen LogP contribution in [0.5, 0.6) is 5.75 Å². The van der Waals surface area contributed by atoms with Crippen LogP contribution < -0.4 is 15.1 Å². The molecule has 0 radical (unpaired) electrons. The van der Waals surface area contributed by atoms with E-state index in [2.05, 4.69) is 55.0 Å². The Labute approximate surface area is 282 Å². The minimum absolute atomic E-state index is 0.0508. The fourth-order valence-corrected chi connectivity index (χ4v) is 11.7. The van der Waals surface area contributed by atoms with Crippen LogP contribution in [0.1, 0.15) is 52.4 Å². The molecule has 3 aromatic carbocycles. The zero-order chi connectivity index (χ0) is 34.1. The quantitative estimate of drug-likeness (QED) is 0.132. The van der Waals surface area contributed by atoms with Crippen molar-refractivity contribution in [2.24, 2.45) is 9.98 Å². The molecular formula is C37H33F3N2O4SSi. The van der Waals surface area contributed by atoms with E-state index in [-0.39, 0.29) is 21.2 Å². The third-order valence-corrected chi connectivity index (χ3v) is 14.5. The van der Waals surface area contributed by atoms with Gasteiger partial charge in [0.05, 0.1) is 35.8 Å². The molecule has 2 aliphatic rings. The second-order valence-electron chi connectivity index (χ2n) is 12.4. The Morgan fingerprint density at radius 2 is 1.54 bits per heavy atom. The number of carbonyl (C=O) groups excluding carboxylic acids is 1. The lowest BCUT2D eigenvalue weighted by molar-refractivity contribution is -0.138. The van der Waals surface area contributed by atoms with Crippen LogP contribution in [0.25, 0.3) is 0 Å². The van der Waals surface area contributed by atoms with Gasteiger partial charge >= 0.3 is 20.5 Å². The number of thiophene rings is 1. The molecular weight excluding hydrogens is 654 g/mol. The number of nitrogens with zero attached hydrogens (tertiary/aromatic N) is 2. The average Bonchev–Trinajstić information content (AvgIpc) is 3.72. The molecule has 1 unspecified atom stereocenters. The van der Waals surface area contributed by atoms with Gasteiger partial charge in [-0.2, -0.15) is 13.2 Å². The summed E-state index contributed by atoms with van der Waals surface area (Å²) in [4.78, 5) is 22.7. The van der Waals surface area contributed by atoms with Crippen molar-refractivity contribution in [1.82, 2.24) is 0 Å². The Bertz CT molecular complexity index is 1900. The number of alkyl halides is 3. The fourth-order valence-electron chi connectivity index (χ4n) is 6.10. The van der Waals surface area contributed by atoms with Crippen molar-refractivity contribution in [3.8, 4) is 5.75 Å². The van der Waals surface area contributed by atoms with Gasteiger partial charge in [-0.1, -0.05) is 99.6 Å². The van der Waals surface area contributed by atoms with E-state index in [4.69, 9.17) is 13.9 Å². The van der Waals surface area contributed by atoms with Gasteiger partial charge in [-0.15, -0.1) is 11.3 Å². The van der Waals surface area contributed by atoms with Crippen molar-refractivity contribution < 1.29 is 31.9 Å². The van der Waals surface area contributed by atoms with Crippen LogP contribution >= 0.6 is 11.3 Å². The molecule has 246 valence electrons. The molecule has 0 N–H and O–H groups in total. The van der Waals surface area contributed by atoms with Gasteiger partial charge in [0.2, 0.25) is 0 Å². The number of hydrogen-bond acceptors (Lipinski definition) is 7. The molecule has 0 fully saturated rings. The molecule has 0 spiro atoms. The van der Waals surface area contributed by atoms with E-state index in [0.717, 1.165) is 27.8 Å². The fraction of sp³-hybridized carbons (Fsp3) is 0.216. The number of rotatable bonds is 9. The summed E-state index contributed by atoms with van der Waals surface area (Å²) in [6, 6.07) is 27.3. The second kappa shape index (κ2) is 13.0. The van der Waals surface area contributed by atoms with E-state index >= 15 is 0 Å². The average molecular weight is 687 g/mol. The maximum atomic E-state index is 13.7. The minimum atomic E-state index is -4.56. The Kier molecular flexibility index (Phi) is 9.01. The smallest absolute Gasteiger partial charge is 0.416 e. The predicted octanol–water partition coefficient (Wildman–Crippen LogP) is 8.06. The van der Waals surface area contributed by atoms with Crippen molar-refractivity contribution in [3.63, 3.8) is 0 Å². The number of halogens is 3. The molecule has 1 aliphatic heterocycles. The highest BCUT2D eigenvalue weighted by Gasteiger charge is 2.53. The van der Waals surface area contributed by atoms with Crippen LogP contribution in [0, 0.1) is 0 Å². The van der Waals surface area contributed by atoms with Crippen molar-refractivity contribution in [1.29, 1.82) is 0 Å².